The first-order chi connectivity index (χ1) is 9.53. The number of nitrogens with one attached hydrogen (secondary N) is 1. The number of hydrogen-bond acceptors (Lipinski definition) is 2. The Balaban J connectivity index is 1.90. The van der Waals surface area contributed by atoms with Crippen molar-refractivity contribution in [3.63, 3.8) is 0 Å². The molecule has 0 unspecified atom stereocenters. The van der Waals surface area contributed by atoms with Gasteiger partial charge >= 0.3 is 0 Å². The summed E-state index contributed by atoms with van der Waals surface area (Å²) >= 11 is 0. The van der Waals surface area contributed by atoms with E-state index in [9.17, 15) is 4.79 Å². The number of hydrogen-bond donors (Lipinski definition) is 2. The van der Waals surface area contributed by atoms with Crippen molar-refractivity contribution in [3.8, 4) is 0 Å². The van der Waals surface area contributed by atoms with E-state index in [0.29, 0.717) is 12.1 Å². The van der Waals surface area contributed by atoms with Crippen LogP contribution in [0.2, 0.25) is 0 Å². The van der Waals surface area contributed by atoms with Gasteiger partial charge < -0.3 is 11.1 Å². The van der Waals surface area contributed by atoms with E-state index < -0.39 is 0 Å². The van der Waals surface area contributed by atoms with Gasteiger partial charge in [-0.05, 0) is 41.9 Å². The summed E-state index contributed by atoms with van der Waals surface area (Å²) in [5.74, 6) is 0.752. The Morgan fingerprint density at radius 3 is 2.40 bits per heavy atom. The molecule has 1 amide bonds. The van der Waals surface area contributed by atoms with Gasteiger partial charge in [-0.1, -0.05) is 38.8 Å². The Bertz CT molecular complexity index is 445. The summed E-state index contributed by atoms with van der Waals surface area (Å²) in [7, 11) is 0. The summed E-state index contributed by atoms with van der Waals surface area (Å²) in [6.45, 7) is 5.79. The molecule has 3 heteroatoms. The molecule has 0 radical (unpaired) electrons. The lowest BCUT2D eigenvalue weighted by molar-refractivity contribution is 0.0918. The zero-order chi connectivity index (χ0) is 14.6. The van der Waals surface area contributed by atoms with Gasteiger partial charge in [0.2, 0.25) is 0 Å². The Kier molecular flexibility index (Phi) is 4.81. The third kappa shape index (κ3) is 3.60. The molecule has 0 bridgehead atoms. The lowest BCUT2D eigenvalue weighted by atomic mass is 9.77. The Morgan fingerprint density at radius 1 is 1.25 bits per heavy atom. The minimum Gasteiger partial charge on any atom is -0.351 e. The molecular formula is C17H26N2O. The van der Waals surface area contributed by atoms with E-state index in [1.165, 1.54) is 25.7 Å². The van der Waals surface area contributed by atoms with E-state index in [4.69, 9.17) is 5.73 Å². The first-order valence-electron chi connectivity index (χ1n) is 7.60. The molecule has 0 heterocycles. The van der Waals surface area contributed by atoms with Gasteiger partial charge in [-0.3, -0.25) is 4.79 Å². The predicted molar refractivity (Wildman–Crippen MR) is 82.4 cm³/mol. The molecule has 1 aliphatic carbocycles. The van der Waals surface area contributed by atoms with Crippen LogP contribution >= 0.6 is 0 Å². The van der Waals surface area contributed by atoms with Crippen LogP contribution in [0.5, 0.6) is 0 Å². The van der Waals surface area contributed by atoms with Crippen molar-refractivity contribution in [2.24, 2.45) is 17.1 Å². The summed E-state index contributed by atoms with van der Waals surface area (Å²) in [6, 6.07) is 7.52. The van der Waals surface area contributed by atoms with Gasteiger partial charge in [0.25, 0.3) is 5.91 Å². The molecule has 0 atom stereocenters. The van der Waals surface area contributed by atoms with Gasteiger partial charge in [-0.15, -0.1) is 0 Å². The van der Waals surface area contributed by atoms with Crippen molar-refractivity contribution in [1.82, 2.24) is 5.32 Å². The molecule has 1 saturated carbocycles. The van der Waals surface area contributed by atoms with Crippen molar-refractivity contribution in [2.75, 3.05) is 6.54 Å². The fraction of sp³-hybridized carbons (Fsp3) is 0.588. The van der Waals surface area contributed by atoms with Crippen LogP contribution in [-0.4, -0.2) is 12.5 Å². The minimum atomic E-state index is 0.0136. The SMILES string of the molecule is CC(C)(CNC(=O)c1ccc(CN)cc1)C1CCCC1. The standard InChI is InChI=1S/C17H26N2O/c1-17(2,15-5-3-4-6-15)12-19-16(20)14-9-7-13(11-18)8-10-14/h7-10,15H,3-6,11-12,18H2,1-2H3,(H,19,20). The summed E-state index contributed by atoms with van der Waals surface area (Å²) in [6.07, 6.45) is 5.27. The molecule has 0 aromatic heterocycles. The third-order valence-corrected chi connectivity index (χ3v) is 4.62. The molecule has 110 valence electrons. The molecule has 1 aliphatic rings. The van der Waals surface area contributed by atoms with E-state index in [1.807, 2.05) is 24.3 Å². The monoisotopic (exact) mass is 274 g/mol. The molecule has 0 spiro atoms. The Morgan fingerprint density at radius 2 is 1.85 bits per heavy atom. The van der Waals surface area contributed by atoms with Gasteiger partial charge in [0.15, 0.2) is 0 Å². The van der Waals surface area contributed by atoms with Crippen LogP contribution in [0.4, 0.5) is 0 Å². The maximum atomic E-state index is 12.2. The van der Waals surface area contributed by atoms with E-state index >= 15 is 0 Å². The molecule has 1 fully saturated rings. The molecule has 1 aromatic carbocycles. The lowest BCUT2D eigenvalue weighted by Crippen LogP contribution is -2.37. The van der Waals surface area contributed by atoms with Gasteiger partial charge in [0.05, 0.1) is 0 Å². The van der Waals surface area contributed by atoms with Crippen LogP contribution < -0.4 is 11.1 Å². The van der Waals surface area contributed by atoms with Crippen molar-refractivity contribution >= 4 is 5.91 Å². The highest BCUT2D eigenvalue weighted by molar-refractivity contribution is 5.94. The van der Waals surface area contributed by atoms with Crippen molar-refractivity contribution in [2.45, 2.75) is 46.1 Å². The van der Waals surface area contributed by atoms with Crippen molar-refractivity contribution in [1.29, 1.82) is 0 Å². The highest BCUT2D eigenvalue weighted by atomic mass is 16.1. The molecule has 3 nitrogen and oxygen atoms in total. The average Bonchev–Trinajstić information content (AvgIpc) is 3.00. The smallest absolute Gasteiger partial charge is 0.251 e. The number of benzene rings is 1. The van der Waals surface area contributed by atoms with Crippen LogP contribution in [0.25, 0.3) is 0 Å². The zero-order valence-corrected chi connectivity index (χ0v) is 12.6. The summed E-state index contributed by atoms with van der Waals surface area (Å²) < 4.78 is 0. The predicted octanol–water partition coefficient (Wildman–Crippen LogP) is 3.09. The maximum absolute atomic E-state index is 12.2. The fourth-order valence-electron chi connectivity index (χ4n) is 3.05. The van der Waals surface area contributed by atoms with Crippen LogP contribution in [0.15, 0.2) is 24.3 Å². The van der Waals surface area contributed by atoms with E-state index in [-0.39, 0.29) is 11.3 Å². The quantitative estimate of drug-likeness (QED) is 0.867. The van der Waals surface area contributed by atoms with Crippen molar-refractivity contribution in [3.05, 3.63) is 35.4 Å². The molecular weight excluding hydrogens is 248 g/mol. The first kappa shape index (κ1) is 15.0. The number of rotatable bonds is 5. The van der Waals surface area contributed by atoms with Crippen LogP contribution in [0.3, 0.4) is 0 Å². The average molecular weight is 274 g/mol. The minimum absolute atomic E-state index is 0.0136. The normalized spacial score (nSPS) is 16.4. The molecule has 2 rings (SSSR count). The second kappa shape index (κ2) is 6.40. The fourth-order valence-corrected chi connectivity index (χ4v) is 3.05. The lowest BCUT2D eigenvalue weighted by Gasteiger charge is -2.31. The molecule has 0 saturated heterocycles. The van der Waals surface area contributed by atoms with Gasteiger partial charge in [0, 0.05) is 18.7 Å². The topological polar surface area (TPSA) is 55.1 Å². The summed E-state index contributed by atoms with van der Waals surface area (Å²) in [4.78, 5) is 12.2. The van der Waals surface area contributed by atoms with Crippen LogP contribution in [0.1, 0.15) is 55.5 Å². The van der Waals surface area contributed by atoms with E-state index in [0.717, 1.165) is 18.0 Å². The Labute approximate surface area is 121 Å². The highest BCUT2D eigenvalue weighted by Gasteiger charge is 2.31. The number of carbonyl (C=O) groups excluding carboxylic acids is 1. The van der Waals surface area contributed by atoms with Crippen LogP contribution in [0, 0.1) is 11.3 Å². The highest BCUT2D eigenvalue weighted by Crippen LogP contribution is 2.39. The molecule has 3 N–H and O–H groups in total. The van der Waals surface area contributed by atoms with Gasteiger partial charge in [-0.25, -0.2) is 0 Å². The number of carbonyl (C=O) groups is 1. The molecule has 1 aromatic rings. The summed E-state index contributed by atoms with van der Waals surface area (Å²) in [5, 5.41) is 3.08. The second-order valence-corrected chi connectivity index (χ2v) is 6.55. The van der Waals surface area contributed by atoms with E-state index in [2.05, 4.69) is 19.2 Å². The van der Waals surface area contributed by atoms with Crippen molar-refractivity contribution < 1.29 is 4.79 Å². The largest absolute Gasteiger partial charge is 0.351 e. The van der Waals surface area contributed by atoms with E-state index in [1.54, 1.807) is 0 Å². The third-order valence-electron chi connectivity index (χ3n) is 4.62. The van der Waals surface area contributed by atoms with Gasteiger partial charge in [-0.2, -0.15) is 0 Å². The number of nitrogens with two attached hydrogens (primary N) is 1. The Hall–Kier alpha value is -1.35. The second-order valence-electron chi connectivity index (χ2n) is 6.55. The zero-order valence-electron chi connectivity index (χ0n) is 12.6. The first-order valence-corrected chi connectivity index (χ1v) is 7.60. The molecule has 0 aliphatic heterocycles. The summed E-state index contributed by atoms with van der Waals surface area (Å²) in [5.41, 5.74) is 7.51. The van der Waals surface area contributed by atoms with Gasteiger partial charge in [0.1, 0.15) is 0 Å². The number of amides is 1. The van der Waals surface area contributed by atoms with Crippen LogP contribution in [-0.2, 0) is 6.54 Å². The maximum Gasteiger partial charge on any atom is 0.251 e. The molecule has 20 heavy (non-hydrogen) atoms.